The lowest BCUT2D eigenvalue weighted by molar-refractivity contribution is -0.139. The second-order valence-corrected chi connectivity index (χ2v) is 5.32. The molecule has 0 saturated carbocycles. The molecule has 0 fully saturated rings. The summed E-state index contributed by atoms with van der Waals surface area (Å²) in [6.07, 6.45) is 0. The number of carboxylic acid groups (broad SMARTS) is 1. The molecule has 0 aliphatic heterocycles. The molecule has 2 aromatic rings. The lowest BCUT2D eigenvalue weighted by Crippen LogP contribution is -2.34. The Morgan fingerprint density at radius 1 is 0.955 bits per heavy atom. The standard InChI is InChI=1S/C14H12.C5H11NO2/c1-12(13-8-4-2-5-9-13)14-10-6-3-7-11-14;1-3(2)4(6)5(7)8/h2-11H,1H2;3-4H,6H2,1-2H3,(H,7,8)/t;4-/m.0/s1. The summed E-state index contributed by atoms with van der Waals surface area (Å²) < 4.78 is 0. The third-order valence-electron chi connectivity index (χ3n) is 3.25. The highest BCUT2D eigenvalue weighted by molar-refractivity contribution is 5.77. The maximum atomic E-state index is 10.0. The van der Waals surface area contributed by atoms with E-state index in [-0.39, 0.29) is 5.92 Å². The van der Waals surface area contributed by atoms with Gasteiger partial charge in [-0.05, 0) is 22.6 Å². The number of carbonyl (C=O) groups is 1. The Kier molecular flexibility index (Phi) is 7.06. The molecule has 3 N–H and O–H groups in total. The van der Waals surface area contributed by atoms with E-state index < -0.39 is 12.0 Å². The average molecular weight is 297 g/mol. The summed E-state index contributed by atoms with van der Waals surface area (Å²) in [5.41, 5.74) is 8.59. The predicted molar refractivity (Wildman–Crippen MR) is 91.5 cm³/mol. The third-order valence-corrected chi connectivity index (χ3v) is 3.25. The molecule has 0 bridgehead atoms. The fourth-order valence-corrected chi connectivity index (χ4v) is 1.73. The van der Waals surface area contributed by atoms with Crippen molar-refractivity contribution in [2.75, 3.05) is 0 Å². The largest absolute Gasteiger partial charge is 0.480 e. The Hall–Kier alpha value is -2.39. The van der Waals surface area contributed by atoms with E-state index in [1.54, 1.807) is 13.8 Å². The molecule has 0 amide bonds. The van der Waals surface area contributed by atoms with Gasteiger partial charge < -0.3 is 10.8 Å². The normalized spacial score (nSPS) is 11.3. The molecule has 0 radical (unpaired) electrons. The molecule has 3 heteroatoms. The second kappa shape index (κ2) is 8.80. The molecule has 116 valence electrons. The highest BCUT2D eigenvalue weighted by Gasteiger charge is 2.14. The van der Waals surface area contributed by atoms with Gasteiger partial charge in [-0.3, -0.25) is 4.79 Å². The molecule has 0 aliphatic carbocycles. The van der Waals surface area contributed by atoms with Crippen molar-refractivity contribution < 1.29 is 9.90 Å². The Balaban J connectivity index is 0.000000261. The van der Waals surface area contributed by atoms with E-state index in [4.69, 9.17) is 10.8 Å². The summed E-state index contributed by atoms with van der Waals surface area (Å²) in [6, 6.07) is 19.8. The monoisotopic (exact) mass is 297 g/mol. The van der Waals surface area contributed by atoms with Crippen LogP contribution < -0.4 is 5.73 Å². The zero-order valence-electron chi connectivity index (χ0n) is 13.1. The van der Waals surface area contributed by atoms with Crippen LogP contribution in [-0.2, 0) is 4.79 Å². The fourth-order valence-electron chi connectivity index (χ4n) is 1.73. The number of benzene rings is 2. The maximum absolute atomic E-state index is 10.0. The first-order valence-corrected chi connectivity index (χ1v) is 7.21. The van der Waals surface area contributed by atoms with Crippen LogP contribution in [0.5, 0.6) is 0 Å². The van der Waals surface area contributed by atoms with Gasteiger partial charge in [-0.1, -0.05) is 81.1 Å². The minimum atomic E-state index is -0.931. The fraction of sp³-hybridized carbons (Fsp3) is 0.211. The van der Waals surface area contributed by atoms with Crippen molar-refractivity contribution in [3.63, 3.8) is 0 Å². The number of aliphatic carboxylic acids is 1. The van der Waals surface area contributed by atoms with Crippen LogP contribution in [0.4, 0.5) is 0 Å². The van der Waals surface area contributed by atoms with Crippen molar-refractivity contribution in [1.29, 1.82) is 0 Å². The molecule has 0 heterocycles. The lowest BCUT2D eigenvalue weighted by atomic mass is 10.0. The van der Waals surface area contributed by atoms with Gasteiger partial charge in [0, 0.05) is 0 Å². The zero-order valence-corrected chi connectivity index (χ0v) is 13.1. The summed E-state index contributed by atoms with van der Waals surface area (Å²) >= 11 is 0. The summed E-state index contributed by atoms with van der Waals surface area (Å²) in [7, 11) is 0. The SMILES string of the molecule is C=C(c1ccccc1)c1ccccc1.CC(C)[C@H](N)C(=O)O. The molecule has 2 aromatic carbocycles. The van der Waals surface area contributed by atoms with Crippen LogP contribution in [0.2, 0.25) is 0 Å². The highest BCUT2D eigenvalue weighted by Crippen LogP contribution is 2.20. The minimum absolute atomic E-state index is 0.0208. The predicted octanol–water partition coefficient (Wildman–Crippen LogP) is 3.80. The number of rotatable bonds is 4. The number of hydrogen-bond donors (Lipinski definition) is 2. The molecule has 0 spiro atoms. The van der Waals surface area contributed by atoms with Crippen LogP contribution in [0.3, 0.4) is 0 Å². The Morgan fingerprint density at radius 3 is 1.55 bits per heavy atom. The van der Waals surface area contributed by atoms with Crippen molar-refractivity contribution in [3.05, 3.63) is 78.4 Å². The summed E-state index contributed by atoms with van der Waals surface area (Å²) in [5.74, 6) is -0.910. The van der Waals surface area contributed by atoms with Gasteiger partial charge in [-0.2, -0.15) is 0 Å². The third kappa shape index (κ3) is 5.54. The van der Waals surface area contributed by atoms with Crippen LogP contribution >= 0.6 is 0 Å². The molecule has 3 nitrogen and oxygen atoms in total. The van der Waals surface area contributed by atoms with E-state index >= 15 is 0 Å². The van der Waals surface area contributed by atoms with Crippen molar-refractivity contribution in [3.8, 4) is 0 Å². The molecule has 22 heavy (non-hydrogen) atoms. The van der Waals surface area contributed by atoms with Gasteiger partial charge in [0.15, 0.2) is 0 Å². The van der Waals surface area contributed by atoms with E-state index in [1.165, 1.54) is 11.1 Å². The van der Waals surface area contributed by atoms with Crippen molar-refractivity contribution in [1.82, 2.24) is 0 Å². The Labute approximate surface area is 132 Å². The van der Waals surface area contributed by atoms with E-state index in [1.807, 2.05) is 36.4 Å². The van der Waals surface area contributed by atoms with Gasteiger partial charge in [0.05, 0.1) is 0 Å². The zero-order chi connectivity index (χ0) is 16.5. The summed E-state index contributed by atoms with van der Waals surface area (Å²) in [6.45, 7) is 7.65. The van der Waals surface area contributed by atoms with Crippen LogP contribution in [0, 0.1) is 5.92 Å². The maximum Gasteiger partial charge on any atom is 0.320 e. The summed E-state index contributed by atoms with van der Waals surface area (Å²) in [5, 5.41) is 8.23. The Bertz CT molecular complexity index is 550. The smallest absolute Gasteiger partial charge is 0.320 e. The second-order valence-electron chi connectivity index (χ2n) is 5.32. The van der Waals surface area contributed by atoms with Crippen molar-refractivity contribution in [2.45, 2.75) is 19.9 Å². The van der Waals surface area contributed by atoms with Crippen molar-refractivity contribution in [2.24, 2.45) is 11.7 Å². The van der Waals surface area contributed by atoms with Gasteiger partial charge >= 0.3 is 5.97 Å². The van der Waals surface area contributed by atoms with Gasteiger partial charge in [0.25, 0.3) is 0 Å². The topological polar surface area (TPSA) is 63.3 Å². The van der Waals surface area contributed by atoms with Gasteiger partial charge in [0.1, 0.15) is 6.04 Å². The van der Waals surface area contributed by atoms with Crippen LogP contribution in [0.15, 0.2) is 67.2 Å². The van der Waals surface area contributed by atoms with Gasteiger partial charge in [-0.25, -0.2) is 0 Å². The number of carboxylic acids is 1. The quantitative estimate of drug-likeness (QED) is 0.902. The van der Waals surface area contributed by atoms with Crippen molar-refractivity contribution >= 4 is 11.5 Å². The first kappa shape index (κ1) is 17.7. The van der Waals surface area contributed by atoms with Crippen LogP contribution in [-0.4, -0.2) is 17.1 Å². The summed E-state index contributed by atoms with van der Waals surface area (Å²) in [4.78, 5) is 10.0. The molecule has 0 saturated heterocycles. The molecular formula is C19H23NO2. The minimum Gasteiger partial charge on any atom is -0.480 e. The molecule has 0 aliphatic rings. The van der Waals surface area contributed by atoms with Crippen LogP contribution in [0.25, 0.3) is 5.57 Å². The molecule has 0 aromatic heterocycles. The first-order valence-electron chi connectivity index (χ1n) is 7.21. The van der Waals surface area contributed by atoms with Gasteiger partial charge in [0.2, 0.25) is 0 Å². The van der Waals surface area contributed by atoms with E-state index in [2.05, 4.69) is 30.8 Å². The van der Waals surface area contributed by atoms with Crippen LogP contribution in [0.1, 0.15) is 25.0 Å². The highest BCUT2D eigenvalue weighted by atomic mass is 16.4. The molecule has 2 rings (SSSR count). The van der Waals surface area contributed by atoms with E-state index in [0.717, 1.165) is 5.57 Å². The lowest BCUT2D eigenvalue weighted by Gasteiger charge is -2.07. The van der Waals surface area contributed by atoms with E-state index in [9.17, 15) is 4.79 Å². The molecular weight excluding hydrogens is 274 g/mol. The molecule has 0 unspecified atom stereocenters. The molecule has 1 atom stereocenters. The Morgan fingerprint density at radius 2 is 1.32 bits per heavy atom. The van der Waals surface area contributed by atoms with Gasteiger partial charge in [-0.15, -0.1) is 0 Å². The number of hydrogen-bond acceptors (Lipinski definition) is 2. The number of nitrogens with two attached hydrogens (primary N) is 1. The van der Waals surface area contributed by atoms with E-state index in [0.29, 0.717) is 0 Å². The average Bonchev–Trinajstić information content (AvgIpc) is 2.55. The first-order chi connectivity index (χ1) is 10.4.